The van der Waals surface area contributed by atoms with Crippen LogP contribution in [0.15, 0.2) is 43.0 Å². The zero-order valence-corrected chi connectivity index (χ0v) is 11.1. The number of aromatic nitrogens is 2. The van der Waals surface area contributed by atoms with Gasteiger partial charge in [0.05, 0.1) is 6.33 Å². The fourth-order valence-corrected chi connectivity index (χ4v) is 1.49. The molecule has 0 spiro atoms. The molecule has 17 heavy (non-hydrogen) atoms. The van der Waals surface area contributed by atoms with E-state index in [4.69, 9.17) is 0 Å². The molecule has 0 unspecified atom stereocenters. The van der Waals surface area contributed by atoms with Crippen molar-refractivity contribution in [2.24, 2.45) is 0 Å². The molecule has 0 bridgehead atoms. The second-order valence-electron chi connectivity index (χ2n) is 4.74. The van der Waals surface area contributed by atoms with Gasteiger partial charge < -0.3 is 4.98 Å². The second kappa shape index (κ2) is 6.89. The van der Waals surface area contributed by atoms with Crippen LogP contribution in [0.5, 0.6) is 0 Å². The lowest BCUT2D eigenvalue weighted by atomic mass is 9.96. The highest BCUT2D eigenvalue weighted by atomic mass is 14.8. The number of aromatic amines is 1. The minimum absolute atomic E-state index is 0.642. The third-order valence-electron chi connectivity index (χ3n) is 2.65. The van der Waals surface area contributed by atoms with Gasteiger partial charge in [0, 0.05) is 12.4 Å². The summed E-state index contributed by atoms with van der Waals surface area (Å²) < 4.78 is 0. The Bertz CT molecular complexity index is 362. The molecule has 0 aliphatic rings. The van der Waals surface area contributed by atoms with Crippen LogP contribution < -0.4 is 0 Å². The average Bonchev–Trinajstić information content (AvgIpc) is 2.87. The zero-order valence-electron chi connectivity index (χ0n) is 11.1. The predicted molar refractivity (Wildman–Crippen MR) is 73.2 cm³/mol. The third kappa shape index (κ3) is 4.85. The molecule has 2 aromatic rings. The van der Waals surface area contributed by atoms with Gasteiger partial charge in [-0.2, -0.15) is 0 Å². The van der Waals surface area contributed by atoms with Gasteiger partial charge in [-0.05, 0) is 23.0 Å². The second-order valence-corrected chi connectivity index (χ2v) is 4.74. The van der Waals surface area contributed by atoms with Crippen molar-refractivity contribution in [2.75, 3.05) is 0 Å². The van der Waals surface area contributed by atoms with Crippen LogP contribution >= 0.6 is 0 Å². The summed E-state index contributed by atoms with van der Waals surface area (Å²) >= 11 is 0. The van der Waals surface area contributed by atoms with Crippen LogP contribution in [-0.4, -0.2) is 9.97 Å². The lowest BCUT2D eigenvalue weighted by Crippen LogP contribution is -1.91. The Morgan fingerprint density at radius 2 is 1.59 bits per heavy atom. The van der Waals surface area contributed by atoms with Gasteiger partial charge >= 0.3 is 0 Å². The van der Waals surface area contributed by atoms with Gasteiger partial charge in [0.2, 0.25) is 0 Å². The first kappa shape index (κ1) is 13.5. The molecule has 1 aromatic carbocycles. The lowest BCUT2D eigenvalue weighted by molar-refractivity contribution is 0.834. The van der Waals surface area contributed by atoms with E-state index in [9.17, 15) is 0 Å². The minimum Gasteiger partial charge on any atom is -0.351 e. The molecule has 0 atom stereocenters. The predicted octanol–water partition coefficient (Wildman–Crippen LogP) is 4.34. The number of benzene rings is 1. The molecule has 0 amide bonds. The summed E-state index contributed by atoms with van der Waals surface area (Å²) in [4.78, 5) is 6.42. The van der Waals surface area contributed by atoms with Gasteiger partial charge in [0.15, 0.2) is 0 Å². The molecule has 0 saturated heterocycles. The van der Waals surface area contributed by atoms with E-state index in [0.29, 0.717) is 11.8 Å². The molecule has 0 radical (unpaired) electrons. The topological polar surface area (TPSA) is 28.7 Å². The maximum atomic E-state index is 3.67. The van der Waals surface area contributed by atoms with Crippen molar-refractivity contribution >= 4 is 0 Å². The molecule has 0 aliphatic carbocycles. The summed E-state index contributed by atoms with van der Waals surface area (Å²) in [5.41, 5.74) is 2.89. The van der Waals surface area contributed by atoms with Crippen molar-refractivity contribution < 1.29 is 0 Å². The molecule has 2 nitrogen and oxygen atoms in total. The smallest absolute Gasteiger partial charge is 0.0919 e. The van der Waals surface area contributed by atoms with Crippen molar-refractivity contribution in [3.8, 4) is 0 Å². The quantitative estimate of drug-likeness (QED) is 0.816. The van der Waals surface area contributed by atoms with E-state index in [0.717, 1.165) is 0 Å². The summed E-state index contributed by atoms with van der Waals surface area (Å²) in [5, 5.41) is 0. The molecule has 0 fully saturated rings. The molecule has 1 N–H and O–H groups in total. The number of hydrogen-bond donors (Lipinski definition) is 1. The fourth-order valence-electron chi connectivity index (χ4n) is 1.49. The highest BCUT2D eigenvalue weighted by molar-refractivity contribution is 5.27. The molecule has 2 heteroatoms. The van der Waals surface area contributed by atoms with Crippen molar-refractivity contribution in [1.29, 1.82) is 0 Å². The highest BCUT2D eigenvalue weighted by Gasteiger charge is 2.02. The van der Waals surface area contributed by atoms with Crippen molar-refractivity contribution in [2.45, 2.75) is 39.5 Å². The monoisotopic (exact) mass is 230 g/mol. The average molecular weight is 230 g/mol. The summed E-state index contributed by atoms with van der Waals surface area (Å²) in [5.74, 6) is 1.28. The van der Waals surface area contributed by atoms with E-state index in [-0.39, 0.29) is 0 Å². The Morgan fingerprint density at radius 1 is 1.00 bits per heavy atom. The Labute approximate surface area is 104 Å². The maximum absolute atomic E-state index is 3.67. The van der Waals surface area contributed by atoms with E-state index in [1.54, 1.807) is 18.7 Å². The largest absolute Gasteiger partial charge is 0.351 e. The molecular formula is C15H22N2. The van der Waals surface area contributed by atoms with Crippen LogP contribution in [0.4, 0.5) is 0 Å². The van der Waals surface area contributed by atoms with Gasteiger partial charge in [-0.25, -0.2) is 4.98 Å². The molecule has 0 aliphatic heterocycles. The van der Waals surface area contributed by atoms with Gasteiger partial charge in [-0.3, -0.25) is 0 Å². The third-order valence-corrected chi connectivity index (χ3v) is 2.65. The number of hydrogen-bond acceptors (Lipinski definition) is 1. The summed E-state index contributed by atoms with van der Waals surface area (Å²) in [7, 11) is 0. The molecule has 0 saturated carbocycles. The van der Waals surface area contributed by atoms with E-state index >= 15 is 0 Å². The van der Waals surface area contributed by atoms with Gasteiger partial charge in [0.25, 0.3) is 0 Å². The first-order chi connectivity index (χ1) is 8.11. The number of imidazole rings is 1. The normalized spacial score (nSPS) is 10.2. The van der Waals surface area contributed by atoms with Crippen LogP contribution in [0, 0.1) is 0 Å². The Hall–Kier alpha value is -1.57. The lowest BCUT2D eigenvalue weighted by Gasteiger charge is -2.09. The fraction of sp³-hybridized carbons (Fsp3) is 0.400. The number of nitrogens with zero attached hydrogens (tertiary/aromatic N) is 1. The van der Waals surface area contributed by atoms with Gasteiger partial charge in [-0.1, -0.05) is 52.0 Å². The van der Waals surface area contributed by atoms with Crippen LogP contribution in [0.2, 0.25) is 0 Å². The summed E-state index contributed by atoms with van der Waals surface area (Å²) in [6, 6.07) is 8.88. The number of nitrogens with one attached hydrogen (secondary N) is 1. The first-order valence-electron chi connectivity index (χ1n) is 6.14. The molecule has 1 heterocycles. The molecule has 2 rings (SSSR count). The molecule has 92 valence electrons. The Kier molecular flexibility index (Phi) is 5.47. The van der Waals surface area contributed by atoms with E-state index in [2.05, 4.69) is 61.9 Å². The van der Waals surface area contributed by atoms with Crippen molar-refractivity contribution in [3.05, 3.63) is 54.1 Å². The van der Waals surface area contributed by atoms with Crippen molar-refractivity contribution in [1.82, 2.24) is 9.97 Å². The van der Waals surface area contributed by atoms with Crippen LogP contribution in [0.25, 0.3) is 0 Å². The Balaban J connectivity index is 0.000000239. The summed E-state index contributed by atoms with van der Waals surface area (Å²) in [6.07, 6.45) is 5.08. The Morgan fingerprint density at radius 3 is 1.88 bits per heavy atom. The molecule has 1 aromatic heterocycles. The van der Waals surface area contributed by atoms with E-state index in [1.165, 1.54) is 11.1 Å². The minimum atomic E-state index is 0.642. The maximum Gasteiger partial charge on any atom is 0.0919 e. The number of rotatable bonds is 2. The van der Waals surface area contributed by atoms with Gasteiger partial charge in [0.1, 0.15) is 0 Å². The SMILES string of the molecule is CC(C)c1cccc(C(C)C)c1.c1c[nH]cn1. The van der Waals surface area contributed by atoms with Crippen LogP contribution in [0.1, 0.15) is 50.7 Å². The zero-order chi connectivity index (χ0) is 12.7. The van der Waals surface area contributed by atoms with Crippen LogP contribution in [0.3, 0.4) is 0 Å². The van der Waals surface area contributed by atoms with E-state index < -0.39 is 0 Å². The van der Waals surface area contributed by atoms with E-state index in [1.807, 2.05) is 0 Å². The first-order valence-corrected chi connectivity index (χ1v) is 6.14. The van der Waals surface area contributed by atoms with Crippen LogP contribution in [-0.2, 0) is 0 Å². The number of H-pyrrole nitrogens is 1. The van der Waals surface area contributed by atoms with Crippen molar-refractivity contribution in [3.63, 3.8) is 0 Å². The molecular weight excluding hydrogens is 208 g/mol. The van der Waals surface area contributed by atoms with Gasteiger partial charge in [-0.15, -0.1) is 0 Å². The highest BCUT2D eigenvalue weighted by Crippen LogP contribution is 2.20. The standard InChI is InChI=1S/C12H18.C3H4N2/c1-9(2)11-6-5-7-12(8-11)10(3)4;1-2-5-3-4-1/h5-10H,1-4H3;1-3H,(H,4,5). The summed E-state index contributed by atoms with van der Waals surface area (Å²) in [6.45, 7) is 8.94.